The lowest BCUT2D eigenvalue weighted by Crippen LogP contribution is -2.28. The SMILES string of the molecule is O=C(O)c1cc(CNC2CC=CCC2)on1. The van der Waals surface area contributed by atoms with Crippen molar-refractivity contribution in [1.82, 2.24) is 10.5 Å². The summed E-state index contributed by atoms with van der Waals surface area (Å²) in [7, 11) is 0. The summed E-state index contributed by atoms with van der Waals surface area (Å²) in [4.78, 5) is 10.6. The highest BCUT2D eigenvalue weighted by atomic mass is 16.5. The number of carboxylic acid groups (broad SMARTS) is 1. The zero-order valence-corrected chi connectivity index (χ0v) is 8.85. The molecule has 0 saturated carbocycles. The second-order valence-electron chi connectivity index (χ2n) is 3.85. The topological polar surface area (TPSA) is 75.4 Å². The summed E-state index contributed by atoms with van der Waals surface area (Å²) >= 11 is 0. The molecule has 0 saturated heterocycles. The van der Waals surface area contributed by atoms with Gasteiger partial charge in [0.15, 0.2) is 11.5 Å². The smallest absolute Gasteiger partial charge is 0.358 e. The Balaban J connectivity index is 1.84. The summed E-state index contributed by atoms with van der Waals surface area (Å²) in [6.07, 6.45) is 7.55. The van der Waals surface area contributed by atoms with E-state index in [-0.39, 0.29) is 5.69 Å². The Kier molecular flexibility index (Phi) is 3.36. The number of carboxylic acids is 1. The first-order valence-corrected chi connectivity index (χ1v) is 5.33. The highest BCUT2D eigenvalue weighted by Gasteiger charge is 2.13. The van der Waals surface area contributed by atoms with E-state index < -0.39 is 5.97 Å². The Bertz CT molecular complexity index is 398. The Hall–Kier alpha value is -1.62. The van der Waals surface area contributed by atoms with E-state index in [1.165, 1.54) is 6.07 Å². The van der Waals surface area contributed by atoms with Crippen LogP contribution in [-0.2, 0) is 6.54 Å². The number of nitrogens with one attached hydrogen (secondary N) is 1. The van der Waals surface area contributed by atoms with Gasteiger partial charge in [0.05, 0.1) is 6.54 Å². The van der Waals surface area contributed by atoms with Gasteiger partial charge in [-0.2, -0.15) is 0 Å². The second kappa shape index (κ2) is 4.94. The molecular formula is C11H14N2O3. The highest BCUT2D eigenvalue weighted by molar-refractivity contribution is 5.85. The number of nitrogens with zero attached hydrogens (tertiary/aromatic N) is 1. The molecule has 1 atom stereocenters. The van der Waals surface area contributed by atoms with Crippen LogP contribution in [0.25, 0.3) is 0 Å². The van der Waals surface area contributed by atoms with Gasteiger partial charge in [-0.15, -0.1) is 0 Å². The van der Waals surface area contributed by atoms with Gasteiger partial charge in [0.1, 0.15) is 0 Å². The zero-order chi connectivity index (χ0) is 11.4. The van der Waals surface area contributed by atoms with Crippen LogP contribution < -0.4 is 5.32 Å². The molecule has 2 N–H and O–H groups in total. The molecule has 1 aliphatic carbocycles. The van der Waals surface area contributed by atoms with Crippen LogP contribution in [0.15, 0.2) is 22.7 Å². The Morgan fingerprint density at radius 1 is 1.62 bits per heavy atom. The summed E-state index contributed by atoms with van der Waals surface area (Å²) in [6, 6.07) is 1.90. The van der Waals surface area contributed by atoms with E-state index in [0.717, 1.165) is 19.3 Å². The van der Waals surface area contributed by atoms with Gasteiger partial charge in [0.2, 0.25) is 0 Å². The lowest BCUT2D eigenvalue weighted by molar-refractivity contribution is 0.0685. The number of allylic oxidation sites excluding steroid dienone is 1. The monoisotopic (exact) mass is 222 g/mol. The molecule has 1 unspecified atom stereocenters. The Morgan fingerprint density at radius 2 is 2.50 bits per heavy atom. The van der Waals surface area contributed by atoms with Gasteiger partial charge in [-0.3, -0.25) is 0 Å². The van der Waals surface area contributed by atoms with Crippen LogP contribution >= 0.6 is 0 Å². The molecule has 0 bridgehead atoms. The predicted molar refractivity (Wildman–Crippen MR) is 57.1 cm³/mol. The minimum absolute atomic E-state index is 0.0414. The van der Waals surface area contributed by atoms with Crippen LogP contribution in [0.2, 0.25) is 0 Å². The number of rotatable bonds is 4. The summed E-state index contributed by atoms with van der Waals surface area (Å²) < 4.78 is 4.91. The first kappa shape index (κ1) is 10.9. The standard InChI is InChI=1S/C11H14N2O3/c14-11(15)10-6-9(16-13-10)7-12-8-4-2-1-3-5-8/h1-2,6,8,12H,3-5,7H2,(H,14,15). The minimum atomic E-state index is -1.06. The van der Waals surface area contributed by atoms with Crippen molar-refractivity contribution in [2.24, 2.45) is 0 Å². The zero-order valence-electron chi connectivity index (χ0n) is 8.85. The second-order valence-corrected chi connectivity index (χ2v) is 3.85. The van der Waals surface area contributed by atoms with E-state index in [1.807, 2.05) is 0 Å². The minimum Gasteiger partial charge on any atom is -0.476 e. The van der Waals surface area contributed by atoms with E-state index in [4.69, 9.17) is 9.63 Å². The lowest BCUT2D eigenvalue weighted by Gasteiger charge is -2.18. The fourth-order valence-corrected chi connectivity index (χ4v) is 1.72. The molecule has 16 heavy (non-hydrogen) atoms. The van der Waals surface area contributed by atoms with Gasteiger partial charge in [-0.25, -0.2) is 4.79 Å². The van der Waals surface area contributed by atoms with Crippen molar-refractivity contribution >= 4 is 5.97 Å². The molecule has 0 amide bonds. The molecular weight excluding hydrogens is 208 g/mol. The number of aromatic nitrogens is 1. The van der Waals surface area contributed by atoms with Crippen molar-refractivity contribution in [3.8, 4) is 0 Å². The van der Waals surface area contributed by atoms with Gasteiger partial charge in [-0.05, 0) is 19.3 Å². The number of carbonyl (C=O) groups is 1. The van der Waals surface area contributed by atoms with Gasteiger partial charge < -0.3 is 14.9 Å². The lowest BCUT2D eigenvalue weighted by atomic mass is 10.0. The average molecular weight is 222 g/mol. The molecule has 0 aromatic carbocycles. The van der Waals surface area contributed by atoms with E-state index in [9.17, 15) is 4.79 Å². The molecule has 0 radical (unpaired) electrons. The van der Waals surface area contributed by atoms with Crippen LogP contribution in [0.3, 0.4) is 0 Å². The molecule has 86 valence electrons. The molecule has 1 aromatic rings. The van der Waals surface area contributed by atoms with Gasteiger partial charge >= 0.3 is 5.97 Å². The third-order valence-corrected chi connectivity index (χ3v) is 2.61. The van der Waals surface area contributed by atoms with E-state index in [1.54, 1.807) is 0 Å². The Labute approximate surface area is 93.1 Å². The van der Waals surface area contributed by atoms with Crippen LogP contribution in [0, 0.1) is 0 Å². The maximum Gasteiger partial charge on any atom is 0.358 e. The molecule has 5 nitrogen and oxygen atoms in total. The predicted octanol–water partition coefficient (Wildman–Crippen LogP) is 1.57. The number of hydrogen-bond acceptors (Lipinski definition) is 4. The maximum atomic E-state index is 10.6. The molecule has 0 aliphatic heterocycles. The highest BCUT2D eigenvalue weighted by Crippen LogP contribution is 2.11. The molecule has 0 spiro atoms. The first-order valence-electron chi connectivity index (χ1n) is 5.33. The van der Waals surface area contributed by atoms with Crippen molar-refractivity contribution in [3.05, 3.63) is 29.7 Å². The molecule has 5 heteroatoms. The summed E-state index contributed by atoms with van der Waals surface area (Å²) in [6.45, 7) is 0.527. The fourth-order valence-electron chi connectivity index (χ4n) is 1.72. The largest absolute Gasteiger partial charge is 0.476 e. The van der Waals surface area contributed by atoms with Crippen molar-refractivity contribution in [2.75, 3.05) is 0 Å². The quantitative estimate of drug-likeness (QED) is 0.756. The number of hydrogen-bond donors (Lipinski definition) is 2. The van der Waals surface area contributed by atoms with Crippen molar-refractivity contribution in [3.63, 3.8) is 0 Å². The maximum absolute atomic E-state index is 10.6. The summed E-state index contributed by atoms with van der Waals surface area (Å²) in [5.74, 6) is -0.498. The van der Waals surface area contributed by atoms with Gasteiger partial charge in [0, 0.05) is 12.1 Å². The van der Waals surface area contributed by atoms with E-state index >= 15 is 0 Å². The van der Waals surface area contributed by atoms with Crippen molar-refractivity contribution in [2.45, 2.75) is 31.8 Å². The Morgan fingerprint density at radius 3 is 3.12 bits per heavy atom. The summed E-state index contributed by atoms with van der Waals surface area (Å²) in [5.41, 5.74) is -0.0414. The summed E-state index contributed by atoms with van der Waals surface area (Å²) in [5, 5.41) is 15.4. The van der Waals surface area contributed by atoms with Crippen LogP contribution in [-0.4, -0.2) is 22.3 Å². The first-order chi connectivity index (χ1) is 7.75. The van der Waals surface area contributed by atoms with Crippen LogP contribution in [0.5, 0.6) is 0 Å². The van der Waals surface area contributed by atoms with Crippen LogP contribution in [0.4, 0.5) is 0 Å². The van der Waals surface area contributed by atoms with Gasteiger partial charge in [-0.1, -0.05) is 17.3 Å². The van der Waals surface area contributed by atoms with E-state index in [2.05, 4.69) is 22.6 Å². The number of aromatic carboxylic acids is 1. The normalized spacial score (nSPS) is 19.9. The molecule has 2 rings (SSSR count). The molecule has 1 heterocycles. The third-order valence-electron chi connectivity index (χ3n) is 2.61. The van der Waals surface area contributed by atoms with Crippen molar-refractivity contribution < 1.29 is 14.4 Å². The van der Waals surface area contributed by atoms with Crippen LogP contribution in [0.1, 0.15) is 35.5 Å². The molecule has 1 aromatic heterocycles. The molecule has 0 fully saturated rings. The average Bonchev–Trinajstić information content (AvgIpc) is 2.76. The fraction of sp³-hybridized carbons (Fsp3) is 0.455. The molecule has 1 aliphatic rings. The van der Waals surface area contributed by atoms with Gasteiger partial charge in [0.25, 0.3) is 0 Å². The van der Waals surface area contributed by atoms with E-state index in [0.29, 0.717) is 18.3 Å². The third kappa shape index (κ3) is 2.70. The van der Waals surface area contributed by atoms with Crippen molar-refractivity contribution in [1.29, 1.82) is 0 Å².